The fraction of sp³-hybridized carbons (Fsp3) is 0.889. The molecule has 3 saturated carbocycles. The van der Waals surface area contributed by atoms with Crippen LogP contribution in [0, 0.1) is 28.6 Å². The molecule has 0 amide bonds. The summed E-state index contributed by atoms with van der Waals surface area (Å²) in [6, 6.07) is 0. The molecule has 8 heteroatoms. The molecule has 0 aromatic rings. The zero-order chi connectivity index (χ0) is 25.0. The second-order valence-electron chi connectivity index (χ2n) is 12.0. The van der Waals surface area contributed by atoms with Gasteiger partial charge in [-0.2, -0.15) is 0 Å². The third-order valence-corrected chi connectivity index (χ3v) is 10.3. The van der Waals surface area contributed by atoms with Crippen molar-refractivity contribution in [2.45, 2.75) is 102 Å². The number of ether oxygens (including phenoxy) is 3. The number of Topliss-reactive ketones (excluding diaryl/α,β-unsaturated/α-hetero) is 1. The lowest BCUT2D eigenvalue weighted by molar-refractivity contribution is -0.302. The van der Waals surface area contributed by atoms with E-state index in [-0.39, 0.29) is 23.5 Å². The van der Waals surface area contributed by atoms with Crippen molar-refractivity contribution in [3.05, 3.63) is 11.6 Å². The van der Waals surface area contributed by atoms with Crippen LogP contribution >= 0.6 is 0 Å². The minimum atomic E-state index is -1.44. The van der Waals surface area contributed by atoms with E-state index < -0.39 is 37.3 Å². The molecule has 35 heavy (non-hydrogen) atoms. The molecule has 4 N–H and O–H groups in total. The molecule has 0 bridgehead atoms. The van der Waals surface area contributed by atoms with Gasteiger partial charge in [0.25, 0.3) is 0 Å². The van der Waals surface area contributed by atoms with Crippen molar-refractivity contribution in [2.24, 2.45) is 28.6 Å². The fourth-order valence-electron chi connectivity index (χ4n) is 8.12. The molecule has 0 aromatic carbocycles. The third-order valence-electron chi connectivity index (χ3n) is 10.3. The van der Waals surface area contributed by atoms with Crippen LogP contribution in [0.25, 0.3) is 0 Å². The quantitative estimate of drug-likeness (QED) is 0.325. The Kier molecular flexibility index (Phi) is 7.20. The van der Waals surface area contributed by atoms with Crippen molar-refractivity contribution in [3.63, 3.8) is 0 Å². The predicted octanol–water partition coefficient (Wildman–Crippen LogP) is 1.72. The highest BCUT2D eigenvalue weighted by Crippen LogP contribution is 2.64. The molecule has 0 spiro atoms. The van der Waals surface area contributed by atoms with Gasteiger partial charge in [0.05, 0.1) is 25.9 Å². The molecule has 1 saturated heterocycles. The van der Waals surface area contributed by atoms with Gasteiger partial charge in [-0.1, -0.05) is 25.5 Å². The Hall–Kier alpha value is -0.870. The van der Waals surface area contributed by atoms with Crippen molar-refractivity contribution in [1.29, 1.82) is 0 Å². The highest BCUT2D eigenvalue weighted by atomic mass is 16.7. The predicted molar refractivity (Wildman–Crippen MR) is 126 cm³/mol. The van der Waals surface area contributed by atoms with E-state index >= 15 is 0 Å². The summed E-state index contributed by atoms with van der Waals surface area (Å²) in [4.78, 5) is 12.6. The van der Waals surface area contributed by atoms with Crippen LogP contribution in [0.3, 0.4) is 0 Å². The maximum absolute atomic E-state index is 12.6. The Morgan fingerprint density at radius 2 is 1.69 bits per heavy atom. The van der Waals surface area contributed by atoms with E-state index in [1.165, 1.54) is 5.57 Å². The molecule has 5 aliphatic rings. The first-order valence-corrected chi connectivity index (χ1v) is 13.5. The Labute approximate surface area is 207 Å². The van der Waals surface area contributed by atoms with E-state index in [1.54, 1.807) is 0 Å². The van der Waals surface area contributed by atoms with Crippen molar-refractivity contribution >= 4 is 5.78 Å². The maximum atomic E-state index is 12.6. The van der Waals surface area contributed by atoms with Gasteiger partial charge >= 0.3 is 0 Å². The average molecular weight is 495 g/mol. The van der Waals surface area contributed by atoms with Crippen molar-refractivity contribution in [3.8, 4) is 0 Å². The van der Waals surface area contributed by atoms with E-state index in [0.717, 1.165) is 51.4 Å². The minimum Gasteiger partial charge on any atom is -0.394 e. The summed E-state index contributed by atoms with van der Waals surface area (Å²) in [7, 11) is 0. The highest BCUT2D eigenvalue weighted by Gasteiger charge is 2.58. The zero-order valence-electron chi connectivity index (χ0n) is 21.0. The molecule has 11 atom stereocenters. The number of allylic oxidation sites excluding steroid dienone is 1. The lowest BCUT2D eigenvalue weighted by Gasteiger charge is -2.57. The number of hydrogen-bond acceptors (Lipinski definition) is 8. The van der Waals surface area contributed by atoms with Crippen molar-refractivity contribution < 1.29 is 39.4 Å². The van der Waals surface area contributed by atoms with Gasteiger partial charge in [0.1, 0.15) is 30.2 Å². The first-order valence-electron chi connectivity index (χ1n) is 13.5. The zero-order valence-corrected chi connectivity index (χ0v) is 21.0. The van der Waals surface area contributed by atoms with E-state index in [1.807, 2.05) is 0 Å². The Balaban J connectivity index is 1.14. The second-order valence-corrected chi connectivity index (χ2v) is 12.0. The lowest BCUT2D eigenvalue weighted by Crippen LogP contribution is -2.59. The summed E-state index contributed by atoms with van der Waals surface area (Å²) in [5, 5.41) is 39.2. The number of carbonyl (C=O) groups excluding carboxylic acids is 1. The van der Waals surface area contributed by atoms with Crippen molar-refractivity contribution in [1.82, 2.24) is 0 Å². The van der Waals surface area contributed by atoms with Crippen LogP contribution in [-0.2, 0) is 19.0 Å². The summed E-state index contributed by atoms with van der Waals surface area (Å²) in [6.07, 6.45) is 4.34. The molecule has 8 nitrogen and oxygen atoms in total. The topological polar surface area (TPSA) is 126 Å². The van der Waals surface area contributed by atoms with E-state index in [0.29, 0.717) is 30.1 Å². The van der Waals surface area contributed by atoms with Gasteiger partial charge < -0.3 is 34.6 Å². The van der Waals surface area contributed by atoms with Gasteiger partial charge in [-0.3, -0.25) is 4.79 Å². The van der Waals surface area contributed by atoms with Crippen LogP contribution in [0.4, 0.5) is 0 Å². The molecule has 0 radical (unpaired) electrons. The Bertz CT molecular complexity index is 828. The van der Waals surface area contributed by atoms with E-state index in [9.17, 15) is 25.2 Å². The Morgan fingerprint density at radius 3 is 2.46 bits per heavy atom. The average Bonchev–Trinajstić information content (AvgIpc) is 3.16. The van der Waals surface area contributed by atoms with Crippen LogP contribution in [0.5, 0.6) is 0 Å². The SMILES string of the molecule is C[C@]12CC[C@H](OCCO[C@@H]3O[C@H](CO)[C@@H](O)[C@H](O)[C@H]3O)CC1=CC[C@@H]1[C@@H]2CC[C@]2(C)C(=O)CC[C@@H]12. The van der Waals surface area contributed by atoms with Crippen LogP contribution in [0.15, 0.2) is 11.6 Å². The third kappa shape index (κ3) is 4.33. The van der Waals surface area contributed by atoms with Crippen LogP contribution in [0.1, 0.15) is 65.2 Å². The van der Waals surface area contributed by atoms with Gasteiger partial charge in [-0.05, 0) is 68.1 Å². The molecule has 0 unspecified atom stereocenters. The lowest BCUT2D eigenvalue weighted by atomic mass is 9.48. The van der Waals surface area contributed by atoms with Gasteiger partial charge in [-0.15, -0.1) is 0 Å². The molecular weight excluding hydrogens is 452 g/mol. The maximum Gasteiger partial charge on any atom is 0.186 e. The molecular formula is C27H42O8. The molecule has 4 fully saturated rings. The largest absolute Gasteiger partial charge is 0.394 e. The monoisotopic (exact) mass is 494 g/mol. The van der Waals surface area contributed by atoms with Crippen LogP contribution < -0.4 is 0 Å². The molecule has 4 aliphatic carbocycles. The summed E-state index contributed by atoms with van der Waals surface area (Å²) in [6.45, 7) is 4.69. The first-order chi connectivity index (χ1) is 16.7. The van der Waals surface area contributed by atoms with Gasteiger partial charge in [0.15, 0.2) is 6.29 Å². The standard InChI is InChI=1S/C27H42O8/c1-26-9-7-16(33-11-12-34-25-24(32)23(31)22(30)20(14-28)35-25)13-15(26)3-4-17-18-5-6-21(29)27(18,2)10-8-19(17)26/h3,16-20,22-25,28,30-32H,4-14H2,1-2H3/t16-,17-,18-,19-,20+,22+,23-,24+,25+,26-,27-/m0/s1. The van der Waals surface area contributed by atoms with E-state index in [2.05, 4.69) is 19.9 Å². The van der Waals surface area contributed by atoms with E-state index in [4.69, 9.17) is 14.2 Å². The van der Waals surface area contributed by atoms with Gasteiger partial charge in [0.2, 0.25) is 0 Å². The number of hydrogen-bond donors (Lipinski definition) is 4. The molecule has 1 aliphatic heterocycles. The Morgan fingerprint density at radius 1 is 0.971 bits per heavy atom. The minimum absolute atomic E-state index is 0.0931. The highest BCUT2D eigenvalue weighted by molar-refractivity contribution is 5.87. The first kappa shape index (κ1) is 25.8. The van der Waals surface area contributed by atoms with Crippen LogP contribution in [-0.4, -0.2) is 82.8 Å². The van der Waals surface area contributed by atoms with Crippen LogP contribution in [0.2, 0.25) is 0 Å². The van der Waals surface area contributed by atoms with Crippen molar-refractivity contribution in [2.75, 3.05) is 19.8 Å². The number of fused-ring (bicyclic) bond motifs is 5. The number of aliphatic hydroxyl groups is 4. The molecule has 5 rings (SSSR count). The smallest absolute Gasteiger partial charge is 0.186 e. The molecule has 1 heterocycles. The normalized spacial score (nSPS) is 49.7. The summed E-state index contributed by atoms with van der Waals surface area (Å²) in [5.41, 5.74) is 1.62. The number of aliphatic hydroxyl groups excluding tert-OH is 4. The fourth-order valence-corrected chi connectivity index (χ4v) is 8.12. The summed E-state index contributed by atoms with van der Waals surface area (Å²) >= 11 is 0. The van der Waals surface area contributed by atoms with Gasteiger partial charge in [0, 0.05) is 11.8 Å². The second kappa shape index (κ2) is 9.78. The number of rotatable bonds is 6. The van der Waals surface area contributed by atoms with Gasteiger partial charge in [-0.25, -0.2) is 0 Å². The molecule has 0 aromatic heterocycles. The number of carbonyl (C=O) groups is 1. The molecule has 198 valence electrons. The number of ketones is 1. The summed E-state index contributed by atoms with van der Waals surface area (Å²) < 4.78 is 17.1. The summed E-state index contributed by atoms with van der Waals surface area (Å²) in [5.74, 6) is 2.31.